The second-order valence-corrected chi connectivity index (χ2v) is 7.24. The lowest BCUT2D eigenvalue weighted by molar-refractivity contribution is -0.274. The van der Waals surface area contributed by atoms with E-state index in [0.717, 1.165) is 24.3 Å². The molecule has 1 aromatic carbocycles. The second kappa shape index (κ2) is 8.47. The van der Waals surface area contributed by atoms with E-state index in [4.69, 9.17) is 4.74 Å². The number of hydrogen-bond donors (Lipinski definition) is 1. The average Bonchev–Trinajstić information content (AvgIpc) is 2.74. The Hall–Kier alpha value is -2.88. The SMILES string of the molecule is O=C(Nc1ccc(OC(F)(F)F)cc1)C1CCc2nc(N3CCOCC3)ncc2C1. The van der Waals surface area contributed by atoms with E-state index in [2.05, 4.69) is 24.9 Å². The molecule has 1 amide bonds. The van der Waals surface area contributed by atoms with Gasteiger partial charge in [-0.15, -0.1) is 13.2 Å². The van der Waals surface area contributed by atoms with E-state index >= 15 is 0 Å². The van der Waals surface area contributed by atoms with E-state index in [1.165, 1.54) is 24.3 Å². The zero-order valence-electron chi connectivity index (χ0n) is 16.1. The molecule has 1 unspecified atom stereocenters. The molecule has 0 spiro atoms. The highest BCUT2D eigenvalue weighted by atomic mass is 19.4. The van der Waals surface area contributed by atoms with Crippen LogP contribution in [0.2, 0.25) is 0 Å². The van der Waals surface area contributed by atoms with Crippen LogP contribution in [0.25, 0.3) is 0 Å². The maximum absolute atomic E-state index is 12.6. The van der Waals surface area contributed by atoms with Gasteiger partial charge in [-0.3, -0.25) is 4.79 Å². The summed E-state index contributed by atoms with van der Waals surface area (Å²) in [4.78, 5) is 23.8. The van der Waals surface area contributed by atoms with Crippen LogP contribution in [0.4, 0.5) is 24.8 Å². The van der Waals surface area contributed by atoms with Gasteiger partial charge in [0.1, 0.15) is 5.75 Å². The summed E-state index contributed by atoms with van der Waals surface area (Å²) in [5.41, 5.74) is 2.33. The number of fused-ring (bicyclic) bond motifs is 1. The zero-order chi connectivity index (χ0) is 21.1. The van der Waals surface area contributed by atoms with Crippen LogP contribution in [0.5, 0.6) is 5.75 Å². The van der Waals surface area contributed by atoms with Gasteiger partial charge < -0.3 is 19.7 Å². The standard InChI is InChI=1S/C20H21F3N4O3/c21-20(22,23)30-16-4-2-15(3-5-16)25-18(28)13-1-6-17-14(11-13)12-24-19(26-17)27-7-9-29-10-8-27/h2-5,12-13H,1,6-11H2,(H,25,28). The molecule has 2 aromatic rings. The predicted octanol–water partition coefficient (Wildman–Crippen LogP) is 2.96. The number of amides is 1. The second-order valence-electron chi connectivity index (χ2n) is 7.24. The molecule has 4 rings (SSSR count). The van der Waals surface area contributed by atoms with E-state index in [1.807, 2.05) is 0 Å². The van der Waals surface area contributed by atoms with Gasteiger partial charge in [0.25, 0.3) is 0 Å². The Bertz CT molecular complexity index is 899. The first kappa shape index (κ1) is 20.4. The van der Waals surface area contributed by atoms with Crippen molar-refractivity contribution < 1.29 is 27.4 Å². The van der Waals surface area contributed by atoms with Gasteiger partial charge in [0, 0.05) is 36.6 Å². The van der Waals surface area contributed by atoms with E-state index in [0.29, 0.717) is 44.1 Å². The summed E-state index contributed by atoms with van der Waals surface area (Å²) in [5.74, 6) is -0.0646. The number of carbonyl (C=O) groups excluding carboxylic acids is 1. The number of carbonyl (C=O) groups is 1. The zero-order valence-corrected chi connectivity index (χ0v) is 16.1. The number of alkyl halides is 3. The van der Waals surface area contributed by atoms with Crippen LogP contribution < -0.4 is 15.0 Å². The molecule has 1 aliphatic heterocycles. The number of nitrogens with one attached hydrogen (secondary N) is 1. The lowest BCUT2D eigenvalue weighted by Gasteiger charge is -2.28. The fourth-order valence-electron chi connectivity index (χ4n) is 3.62. The summed E-state index contributed by atoms with van der Waals surface area (Å²) >= 11 is 0. The molecule has 1 saturated heterocycles. The van der Waals surface area contributed by atoms with Crippen molar-refractivity contribution in [3.8, 4) is 5.75 Å². The molecular weight excluding hydrogens is 401 g/mol. The monoisotopic (exact) mass is 422 g/mol. The van der Waals surface area contributed by atoms with Crippen molar-refractivity contribution in [2.45, 2.75) is 25.6 Å². The van der Waals surface area contributed by atoms with Gasteiger partial charge in [0.15, 0.2) is 0 Å². The number of morpholine rings is 1. The average molecular weight is 422 g/mol. The summed E-state index contributed by atoms with van der Waals surface area (Å²) in [7, 11) is 0. The van der Waals surface area contributed by atoms with Crippen molar-refractivity contribution in [2.24, 2.45) is 5.92 Å². The van der Waals surface area contributed by atoms with Crippen molar-refractivity contribution in [3.63, 3.8) is 0 Å². The van der Waals surface area contributed by atoms with Crippen molar-refractivity contribution in [1.82, 2.24) is 9.97 Å². The Balaban J connectivity index is 1.36. The van der Waals surface area contributed by atoms with Crippen LogP contribution in [0.3, 0.4) is 0 Å². The van der Waals surface area contributed by atoms with Gasteiger partial charge in [-0.05, 0) is 49.1 Å². The van der Waals surface area contributed by atoms with Gasteiger partial charge in [-0.2, -0.15) is 0 Å². The number of anilines is 2. The number of ether oxygens (including phenoxy) is 2. The third-order valence-electron chi connectivity index (χ3n) is 5.16. The molecule has 1 atom stereocenters. The number of rotatable bonds is 4. The smallest absolute Gasteiger partial charge is 0.406 e. The summed E-state index contributed by atoms with van der Waals surface area (Å²) in [6.07, 6.45) is -1.11. The molecule has 2 aliphatic rings. The highest BCUT2D eigenvalue weighted by molar-refractivity contribution is 5.92. The molecular formula is C20H21F3N4O3. The Morgan fingerprint density at radius 1 is 1.20 bits per heavy atom. The summed E-state index contributed by atoms with van der Waals surface area (Å²) < 4.78 is 45.9. The maximum Gasteiger partial charge on any atom is 0.573 e. The maximum atomic E-state index is 12.6. The molecule has 0 saturated carbocycles. The summed E-state index contributed by atoms with van der Waals surface area (Å²) in [6.45, 7) is 2.84. The Kier molecular flexibility index (Phi) is 5.76. The molecule has 1 aromatic heterocycles. The quantitative estimate of drug-likeness (QED) is 0.817. The van der Waals surface area contributed by atoms with Gasteiger partial charge >= 0.3 is 6.36 Å². The fourth-order valence-corrected chi connectivity index (χ4v) is 3.62. The third-order valence-corrected chi connectivity index (χ3v) is 5.16. The lowest BCUT2D eigenvalue weighted by atomic mass is 9.86. The first-order valence-electron chi connectivity index (χ1n) is 9.71. The minimum absolute atomic E-state index is 0.178. The summed E-state index contributed by atoms with van der Waals surface area (Å²) in [5, 5.41) is 2.76. The van der Waals surface area contributed by atoms with Crippen molar-refractivity contribution >= 4 is 17.5 Å². The van der Waals surface area contributed by atoms with Crippen molar-refractivity contribution in [1.29, 1.82) is 0 Å². The molecule has 160 valence electrons. The van der Waals surface area contributed by atoms with Crippen LogP contribution in [-0.2, 0) is 22.4 Å². The molecule has 0 bridgehead atoms. The van der Waals surface area contributed by atoms with E-state index < -0.39 is 6.36 Å². The molecule has 2 heterocycles. The van der Waals surface area contributed by atoms with Crippen LogP contribution in [0, 0.1) is 5.92 Å². The Labute approximate surface area is 171 Å². The van der Waals surface area contributed by atoms with Crippen LogP contribution in [-0.4, -0.2) is 48.5 Å². The molecule has 1 N–H and O–H groups in total. The van der Waals surface area contributed by atoms with E-state index in [9.17, 15) is 18.0 Å². The fraction of sp³-hybridized carbons (Fsp3) is 0.450. The number of hydrogen-bond acceptors (Lipinski definition) is 6. The van der Waals surface area contributed by atoms with Gasteiger partial charge in [0.2, 0.25) is 11.9 Å². The molecule has 10 heteroatoms. The van der Waals surface area contributed by atoms with Gasteiger partial charge in [-0.25, -0.2) is 9.97 Å². The first-order chi connectivity index (χ1) is 14.4. The minimum Gasteiger partial charge on any atom is -0.406 e. The molecule has 0 radical (unpaired) electrons. The normalized spacial score (nSPS) is 19.2. The number of nitrogens with zero attached hydrogens (tertiary/aromatic N) is 3. The minimum atomic E-state index is -4.75. The number of benzene rings is 1. The highest BCUT2D eigenvalue weighted by Gasteiger charge is 2.31. The first-order valence-corrected chi connectivity index (χ1v) is 9.71. The molecule has 1 fully saturated rings. The van der Waals surface area contributed by atoms with Crippen LogP contribution in [0.15, 0.2) is 30.5 Å². The number of halogens is 3. The Morgan fingerprint density at radius 3 is 2.63 bits per heavy atom. The number of aryl methyl sites for hydroxylation is 1. The van der Waals surface area contributed by atoms with E-state index in [1.54, 1.807) is 6.20 Å². The lowest BCUT2D eigenvalue weighted by Crippen LogP contribution is -2.38. The van der Waals surface area contributed by atoms with Crippen LogP contribution in [0.1, 0.15) is 17.7 Å². The van der Waals surface area contributed by atoms with E-state index in [-0.39, 0.29) is 17.6 Å². The van der Waals surface area contributed by atoms with Gasteiger partial charge in [-0.1, -0.05) is 0 Å². The third kappa shape index (κ3) is 4.99. The molecule has 1 aliphatic carbocycles. The predicted molar refractivity (Wildman–Crippen MR) is 102 cm³/mol. The van der Waals surface area contributed by atoms with Crippen molar-refractivity contribution in [3.05, 3.63) is 41.7 Å². The van der Waals surface area contributed by atoms with Crippen molar-refractivity contribution in [2.75, 3.05) is 36.5 Å². The molecule has 7 nitrogen and oxygen atoms in total. The topological polar surface area (TPSA) is 76.6 Å². The Morgan fingerprint density at radius 2 is 1.93 bits per heavy atom. The highest BCUT2D eigenvalue weighted by Crippen LogP contribution is 2.28. The van der Waals surface area contributed by atoms with Gasteiger partial charge in [0.05, 0.1) is 13.2 Å². The molecule has 30 heavy (non-hydrogen) atoms. The number of aromatic nitrogens is 2. The summed E-state index contributed by atoms with van der Waals surface area (Å²) in [6, 6.07) is 5.10. The van der Waals surface area contributed by atoms with Crippen LogP contribution >= 0.6 is 0 Å². The largest absolute Gasteiger partial charge is 0.573 e.